The number of piperidine rings is 1. The van der Waals surface area contributed by atoms with Crippen LogP contribution < -0.4 is 0 Å². The number of rotatable bonds is 3. The fourth-order valence-electron chi connectivity index (χ4n) is 3.15. The van der Waals surface area contributed by atoms with Crippen molar-refractivity contribution in [3.63, 3.8) is 0 Å². The third-order valence-corrected chi connectivity index (χ3v) is 4.18. The minimum Gasteiger partial charge on any atom is -0.306 e. The average molecular weight is 271 g/mol. The maximum Gasteiger partial charge on any atom is 0.151 e. The second kappa shape index (κ2) is 5.37. The van der Waals surface area contributed by atoms with Gasteiger partial charge in [0.25, 0.3) is 0 Å². The van der Waals surface area contributed by atoms with Crippen LogP contribution in [0, 0.1) is 0 Å². The quantitative estimate of drug-likeness (QED) is 0.805. The topological polar surface area (TPSA) is 37.6 Å². The van der Waals surface area contributed by atoms with Gasteiger partial charge in [0.1, 0.15) is 5.65 Å². The molecule has 1 unspecified atom stereocenters. The number of hydrogen-bond donors (Lipinski definition) is 0. The molecule has 3 heterocycles. The molecule has 2 aromatic rings. The molecule has 0 spiro atoms. The number of likely N-dealkylation sites (tertiary alicyclic amines) is 1. The number of aldehydes is 1. The molecule has 1 atom stereocenters. The number of hydrogen-bond acceptors (Lipinski definition) is 3. The summed E-state index contributed by atoms with van der Waals surface area (Å²) < 4.78 is 1.96. The first-order valence-corrected chi connectivity index (χ1v) is 7.38. The Hall–Kier alpha value is -1.68. The Morgan fingerprint density at radius 2 is 2.15 bits per heavy atom. The van der Waals surface area contributed by atoms with Crippen LogP contribution in [0.5, 0.6) is 0 Å². The molecule has 0 N–H and O–H groups in total. The molecule has 0 aliphatic carbocycles. The summed E-state index contributed by atoms with van der Waals surface area (Å²) in [6.45, 7) is 5.65. The van der Waals surface area contributed by atoms with Crippen LogP contribution >= 0.6 is 0 Å². The Labute approximate surface area is 119 Å². The number of fused-ring (bicyclic) bond motifs is 1. The Bertz CT molecular complexity index is 617. The Balaban J connectivity index is 1.97. The third kappa shape index (κ3) is 2.36. The smallest absolute Gasteiger partial charge is 0.151 e. The summed E-state index contributed by atoms with van der Waals surface area (Å²) in [6.07, 6.45) is 8.51. The van der Waals surface area contributed by atoms with E-state index >= 15 is 0 Å². The Kier molecular flexibility index (Phi) is 3.57. The average Bonchev–Trinajstić information content (AvgIpc) is 2.89. The Morgan fingerprint density at radius 3 is 2.90 bits per heavy atom. The summed E-state index contributed by atoms with van der Waals surface area (Å²) in [5.74, 6) is 0. The molecule has 1 fully saturated rings. The fourth-order valence-corrected chi connectivity index (χ4v) is 3.15. The lowest BCUT2D eigenvalue weighted by atomic mass is 9.98. The number of carbonyl (C=O) groups excluding carboxylic acids is 1. The van der Waals surface area contributed by atoms with Gasteiger partial charge in [0.15, 0.2) is 6.29 Å². The largest absolute Gasteiger partial charge is 0.306 e. The molecule has 1 aliphatic heterocycles. The van der Waals surface area contributed by atoms with Crippen molar-refractivity contribution in [3.05, 3.63) is 35.8 Å². The maximum atomic E-state index is 10.9. The van der Waals surface area contributed by atoms with Crippen molar-refractivity contribution in [2.24, 2.45) is 0 Å². The lowest BCUT2D eigenvalue weighted by Gasteiger charge is -2.37. The zero-order valence-corrected chi connectivity index (χ0v) is 12.1. The fraction of sp³-hybridized carbons (Fsp3) is 0.500. The molecular weight excluding hydrogens is 250 g/mol. The van der Waals surface area contributed by atoms with E-state index in [1.54, 1.807) is 0 Å². The molecule has 2 aromatic heterocycles. The van der Waals surface area contributed by atoms with Crippen molar-refractivity contribution < 1.29 is 4.79 Å². The van der Waals surface area contributed by atoms with Crippen LogP contribution in [0.25, 0.3) is 5.65 Å². The summed E-state index contributed by atoms with van der Waals surface area (Å²) in [5, 5.41) is 0. The highest BCUT2D eigenvalue weighted by Gasteiger charge is 2.27. The number of nitrogens with zero attached hydrogens (tertiary/aromatic N) is 3. The number of aromatic nitrogens is 2. The minimum absolute atomic E-state index is 0.406. The van der Waals surface area contributed by atoms with Crippen LogP contribution in [0.1, 0.15) is 55.2 Å². The van der Waals surface area contributed by atoms with Crippen molar-refractivity contribution >= 4 is 11.9 Å². The van der Waals surface area contributed by atoms with Gasteiger partial charge in [0, 0.05) is 24.0 Å². The van der Waals surface area contributed by atoms with Gasteiger partial charge in [0.2, 0.25) is 0 Å². The first-order chi connectivity index (χ1) is 9.69. The number of imidazole rings is 1. The van der Waals surface area contributed by atoms with Gasteiger partial charge in [0.05, 0.1) is 11.7 Å². The molecule has 106 valence electrons. The molecule has 4 heteroatoms. The van der Waals surface area contributed by atoms with E-state index in [1.807, 2.05) is 22.7 Å². The monoisotopic (exact) mass is 271 g/mol. The van der Waals surface area contributed by atoms with E-state index in [1.165, 1.54) is 19.3 Å². The molecule has 0 bridgehead atoms. The van der Waals surface area contributed by atoms with E-state index in [2.05, 4.69) is 24.9 Å². The van der Waals surface area contributed by atoms with Crippen molar-refractivity contribution in [1.29, 1.82) is 0 Å². The van der Waals surface area contributed by atoms with Crippen LogP contribution in [0.15, 0.2) is 24.5 Å². The zero-order chi connectivity index (χ0) is 14.1. The van der Waals surface area contributed by atoms with E-state index < -0.39 is 0 Å². The molecule has 1 saturated heterocycles. The van der Waals surface area contributed by atoms with Crippen LogP contribution in [-0.4, -0.2) is 33.2 Å². The van der Waals surface area contributed by atoms with Crippen LogP contribution in [0.4, 0.5) is 0 Å². The van der Waals surface area contributed by atoms with Crippen molar-refractivity contribution in [1.82, 2.24) is 14.3 Å². The Morgan fingerprint density at radius 1 is 1.30 bits per heavy atom. The molecule has 20 heavy (non-hydrogen) atoms. The number of carbonyl (C=O) groups is 1. The standard InChI is InChI=1S/C16H21N3O/c1-12(2)19-8-4-3-5-15(19)14-10-18-9-13(11-20)6-7-16(18)17-14/h6-7,9-12,15H,3-5,8H2,1-2H3. The molecule has 0 saturated carbocycles. The lowest BCUT2D eigenvalue weighted by Crippen LogP contribution is -2.38. The molecule has 3 rings (SSSR count). The molecule has 0 aromatic carbocycles. The summed E-state index contributed by atoms with van der Waals surface area (Å²) in [6, 6.07) is 4.68. The molecule has 0 radical (unpaired) electrons. The summed E-state index contributed by atoms with van der Waals surface area (Å²) >= 11 is 0. The van der Waals surface area contributed by atoms with Gasteiger partial charge >= 0.3 is 0 Å². The summed E-state index contributed by atoms with van der Waals surface area (Å²) in [4.78, 5) is 18.1. The zero-order valence-electron chi connectivity index (χ0n) is 12.1. The normalized spacial score (nSPS) is 20.6. The van der Waals surface area contributed by atoms with Crippen LogP contribution in [-0.2, 0) is 0 Å². The van der Waals surface area contributed by atoms with Gasteiger partial charge in [-0.05, 0) is 45.4 Å². The second-order valence-corrected chi connectivity index (χ2v) is 5.85. The predicted octanol–water partition coefficient (Wildman–Crippen LogP) is 3.08. The SMILES string of the molecule is CC(C)N1CCCCC1c1cn2cc(C=O)ccc2n1. The minimum atomic E-state index is 0.406. The van der Waals surface area contributed by atoms with E-state index in [0.29, 0.717) is 17.6 Å². The van der Waals surface area contributed by atoms with Gasteiger partial charge in [-0.25, -0.2) is 4.98 Å². The molecule has 1 aliphatic rings. The highest BCUT2D eigenvalue weighted by Crippen LogP contribution is 2.31. The third-order valence-electron chi connectivity index (χ3n) is 4.18. The van der Waals surface area contributed by atoms with Gasteiger partial charge in [-0.15, -0.1) is 0 Å². The lowest BCUT2D eigenvalue weighted by molar-refractivity contribution is 0.109. The molecule has 4 nitrogen and oxygen atoms in total. The molecule has 0 amide bonds. The van der Waals surface area contributed by atoms with Crippen molar-refractivity contribution in [2.45, 2.75) is 45.2 Å². The van der Waals surface area contributed by atoms with Gasteiger partial charge in [-0.3, -0.25) is 9.69 Å². The maximum absolute atomic E-state index is 10.9. The summed E-state index contributed by atoms with van der Waals surface area (Å²) in [5.41, 5.74) is 2.73. The highest BCUT2D eigenvalue weighted by molar-refractivity contribution is 5.74. The van der Waals surface area contributed by atoms with E-state index in [0.717, 1.165) is 24.2 Å². The van der Waals surface area contributed by atoms with Crippen LogP contribution in [0.2, 0.25) is 0 Å². The van der Waals surface area contributed by atoms with Gasteiger partial charge in [-0.2, -0.15) is 0 Å². The van der Waals surface area contributed by atoms with E-state index in [-0.39, 0.29) is 0 Å². The molecular formula is C16H21N3O. The van der Waals surface area contributed by atoms with E-state index in [4.69, 9.17) is 4.98 Å². The van der Waals surface area contributed by atoms with Gasteiger partial charge in [-0.1, -0.05) is 6.42 Å². The first kappa shape index (κ1) is 13.3. The van der Waals surface area contributed by atoms with Gasteiger partial charge < -0.3 is 4.40 Å². The first-order valence-electron chi connectivity index (χ1n) is 7.38. The van der Waals surface area contributed by atoms with Crippen LogP contribution in [0.3, 0.4) is 0 Å². The van der Waals surface area contributed by atoms with Crippen molar-refractivity contribution in [3.8, 4) is 0 Å². The predicted molar refractivity (Wildman–Crippen MR) is 79.0 cm³/mol. The second-order valence-electron chi connectivity index (χ2n) is 5.85. The highest BCUT2D eigenvalue weighted by atomic mass is 16.1. The number of pyridine rings is 1. The van der Waals surface area contributed by atoms with Crippen molar-refractivity contribution in [2.75, 3.05) is 6.54 Å². The summed E-state index contributed by atoms with van der Waals surface area (Å²) in [7, 11) is 0. The van der Waals surface area contributed by atoms with E-state index in [9.17, 15) is 4.79 Å².